The van der Waals surface area contributed by atoms with E-state index in [0.717, 1.165) is 17.7 Å². The molecular weight excluding hydrogens is 410 g/mol. The minimum absolute atomic E-state index is 0.0694. The Bertz CT molecular complexity index is 558. The normalized spacial score (nSPS) is 18.5. The number of aliphatic hydroxyl groups is 1. The van der Waals surface area contributed by atoms with Gasteiger partial charge in [0.1, 0.15) is 19.0 Å². The van der Waals surface area contributed by atoms with Crippen molar-refractivity contribution in [3.63, 3.8) is 0 Å². The van der Waals surface area contributed by atoms with Crippen molar-refractivity contribution in [2.24, 2.45) is 10.9 Å². The average molecular weight is 459 g/mol. The summed E-state index contributed by atoms with van der Waals surface area (Å²) in [5.74, 6) is -2.63. The van der Waals surface area contributed by atoms with Crippen molar-refractivity contribution in [2.45, 2.75) is 90.2 Å². The molecule has 1 aliphatic rings. The van der Waals surface area contributed by atoms with Crippen LogP contribution >= 0.6 is 0 Å². The highest BCUT2D eigenvalue weighted by Gasteiger charge is 2.46. The summed E-state index contributed by atoms with van der Waals surface area (Å²) >= 11 is 0. The molecule has 3 atom stereocenters. The lowest BCUT2D eigenvalue weighted by Gasteiger charge is -2.32. The molecule has 0 fully saturated rings. The van der Waals surface area contributed by atoms with Crippen LogP contribution in [-0.4, -0.2) is 79.5 Å². The fourth-order valence-corrected chi connectivity index (χ4v) is 3.90. The number of nitrogens with one attached hydrogen (secondary N) is 1. The molecule has 3 unspecified atom stereocenters. The Kier molecular flexibility index (Phi) is 15.4. The van der Waals surface area contributed by atoms with Crippen LogP contribution in [0.5, 0.6) is 0 Å². The van der Waals surface area contributed by atoms with Gasteiger partial charge >= 0.3 is 5.97 Å². The maximum atomic E-state index is 11.6. The van der Waals surface area contributed by atoms with Crippen LogP contribution in [0.1, 0.15) is 84.5 Å². The predicted molar refractivity (Wildman–Crippen MR) is 125 cm³/mol. The molecule has 0 aromatic carbocycles. The molecule has 188 valence electrons. The second-order valence-corrected chi connectivity index (χ2v) is 10.1. The number of quaternary nitrogens is 2. The van der Waals surface area contributed by atoms with Gasteiger partial charge in [-0.3, -0.25) is 9.69 Å². The molecule has 0 aromatic rings. The third-order valence-corrected chi connectivity index (χ3v) is 5.83. The van der Waals surface area contributed by atoms with E-state index in [0.29, 0.717) is 24.0 Å². The quantitative estimate of drug-likeness (QED) is 0.236. The highest BCUT2D eigenvalue weighted by Crippen LogP contribution is 2.20. The van der Waals surface area contributed by atoms with Crippen molar-refractivity contribution in [1.29, 1.82) is 0 Å². The summed E-state index contributed by atoms with van der Waals surface area (Å²) in [5, 5.41) is 30.1. The lowest BCUT2D eigenvalue weighted by Crippen LogP contribution is -3.19. The molecule has 0 aliphatic carbocycles. The zero-order valence-corrected chi connectivity index (χ0v) is 21.1. The molecule has 0 saturated carbocycles. The van der Waals surface area contributed by atoms with Crippen LogP contribution in [0.2, 0.25) is 0 Å². The van der Waals surface area contributed by atoms with Gasteiger partial charge in [0.05, 0.1) is 33.7 Å². The predicted octanol–water partition coefficient (Wildman–Crippen LogP) is 1.08. The first-order chi connectivity index (χ1) is 14.9. The number of nitrogens with zero attached hydrogens (tertiary/aromatic N) is 2. The SMILES string of the molecule is CCCCCCCCCCCCC(C(=O)O)C(C)(O)[NH+]1C=NCC1.C[N+](C)(C)CC(=O)[O-]. The van der Waals surface area contributed by atoms with E-state index in [1.54, 1.807) is 34.4 Å². The lowest BCUT2D eigenvalue weighted by molar-refractivity contribution is -0.886. The molecule has 8 nitrogen and oxygen atoms in total. The number of aliphatic carboxylic acids is 2. The molecule has 32 heavy (non-hydrogen) atoms. The van der Waals surface area contributed by atoms with Crippen molar-refractivity contribution >= 4 is 18.3 Å². The van der Waals surface area contributed by atoms with Gasteiger partial charge in [0.15, 0.2) is 6.34 Å². The molecule has 0 aromatic heterocycles. The van der Waals surface area contributed by atoms with Crippen LogP contribution in [0.4, 0.5) is 0 Å². The summed E-state index contributed by atoms with van der Waals surface area (Å²) in [6.45, 7) is 5.28. The van der Waals surface area contributed by atoms with Gasteiger partial charge in [-0.25, -0.2) is 4.99 Å². The van der Waals surface area contributed by atoms with Crippen molar-refractivity contribution < 1.29 is 34.3 Å². The van der Waals surface area contributed by atoms with E-state index in [1.165, 1.54) is 51.4 Å². The molecule has 0 spiro atoms. The second-order valence-electron chi connectivity index (χ2n) is 10.1. The van der Waals surface area contributed by atoms with Gasteiger partial charge in [0.2, 0.25) is 5.72 Å². The number of rotatable bonds is 16. The highest BCUT2D eigenvalue weighted by atomic mass is 16.4. The Morgan fingerprint density at radius 1 is 1.06 bits per heavy atom. The molecule has 1 heterocycles. The molecule has 0 amide bonds. The maximum absolute atomic E-state index is 11.6. The number of carboxylic acids is 2. The first-order valence-electron chi connectivity index (χ1n) is 12.2. The topological polar surface area (TPSA) is 114 Å². The molecule has 0 bridgehead atoms. The average Bonchev–Trinajstić information content (AvgIpc) is 3.20. The minimum atomic E-state index is -1.27. The van der Waals surface area contributed by atoms with E-state index in [-0.39, 0.29) is 6.54 Å². The first kappa shape index (κ1) is 30.5. The van der Waals surface area contributed by atoms with Gasteiger partial charge in [-0.15, -0.1) is 0 Å². The number of carbonyl (C=O) groups excluding carboxylic acids is 1. The minimum Gasteiger partial charge on any atom is -0.544 e. The van der Waals surface area contributed by atoms with Crippen LogP contribution in [0, 0.1) is 5.92 Å². The van der Waals surface area contributed by atoms with Crippen LogP contribution in [0.3, 0.4) is 0 Å². The van der Waals surface area contributed by atoms with Gasteiger partial charge in [0, 0.05) is 6.92 Å². The summed E-state index contributed by atoms with van der Waals surface area (Å²) < 4.78 is 0.419. The number of aliphatic imine (C=N–C) groups is 1. The Morgan fingerprint density at radius 2 is 1.56 bits per heavy atom. The van der Waals surface area contributed by atoms with Crippen LogP contribution in [0.15, 0.2) is 4.99 Å². The molecule has 1 rings (SSSR count). The van der Waals surface area contributed by atoms with E-state index in [4.69, 9.17) is 0 Å². The highest BCUT2D eigenvalue weighted by molar-refractivity contribution is 5.71. The molecule has 8 heteroatoms. The Hall–Kier alpha value is -1.51. The van der Waals surface area contributed by atoms with Crippen molar-refractivity contribution in [2.75, 3.05) is 40.8 Å². The number of carboxylic acid groups (broad SMARTS) is 2. The monoisotopic (exact) mass is 458 g/mol. The smallest absolute Gasteiger partial charge is 0.315 e. The molecule has 1 aliphatic heterocycles. The fourth-order valence-electron chi connectivity index (χ4n) is 3.90. The third kappa shape index (κ3) is 14.5. The summed E-state index contributed by atoms with van der Waals surface area (Å²) in [5.41, 5.74) is -1.27. The largest absolute Gasteiger partial charge is 0.544 e. The summed E-state index contributed by atoms with van der Waals surface area (Å²) in [7, 11) is 5.40. The van der Waals surface area contributed by atoms with E-state index in [2.05, 4.69) is 11.9 Å². The van der Waals surface area contributed by atoms with Gasteiger partial charge in [-0.05, 0) is 6.42 Å². The Balaban J connectivity index is 0.00000102. The van der Waals surface area contributed by atoms with E-state index >= 15 is 0 Å². The second kappa shape index (κ2) is 16.2. The fraction of sp³-hybridized carbons (Fsp3) is 0.875. The van der Waals surface area contributed by atoms with E-state index in [9.17, 15) is 24.9 Å². The lowest BCUT2D eigenvalue weighted by atomic mass is 9.90. The number of hydrogen-bond acceptors (Lipinski definition) is 5. The van der Waals surface area contributed by atoms with E-state index < -0.39 is 23.6 Å². The standard InChI is InChI=1S/C19H36N2O3.C5H11NO2/c1-3-4-5-6-7-8-9-10-11-12-13-17(18(22)23)19(2,24)21-15-14-20-16-21;1-6(2,3)4-5(7)8/h16-17,24H,3-15H2,1-2H3,(H,22,23);4H2,1-3H3/p+1. The van der Waals surface area contributed by atoms with Crippen LogP contribution in [0.25, 0.3) is 0 Å². The van der Waals surface area contributed by atoms with E-state index in [1.807, 2.05) is 0 Å². The summed E-state index contributed by atoms with van der Waals surface area (Å²) in [6.07, 6.45) is 14.5. The van der Waals surface area contributed by atoms with Gasteiger partial charge in [0.25, 0.3) is 0 Å². The zero-order valence-electron chi connectivity index (χ0n) is 21.1. The van der Waals surface area contributed by atoms with Gasteiger partial charge in [-0.1, -0.05) is 71.1 Å². The maximum Gasteiger partial charge on any atom is 0.315 e. The zero-order chi connectivity index (χ0) is 24.6. The van der Waals surface area contributed by atoms with Gasteiger partial charge < -0.3 is 24.6 Å². The molecule has 3 N–H and O–H groups in total. The number of hydrogen-bond donors (Lipinski definition) is 3. The third-order valence-electron chi connectivity index (χ3n) is 5.83. The molecule has 0 saturated heterocycles. The first-order valence-corrected chi connectivity index (χ1v) is 12.2. The summed E-state index contributed by atoms with van der Waals surface area (Å²) in [4.78, 5) is 26.3. The van der Waals surface area contributed by atoms with Gasteiger partial charge in [-0.2, -0.15) is 0 Å². The van der Waals surface area contributed by atoms with Crippen molar-refractivity contribution in [3.05, 3.63) is 0 Å². The number of carbonyl (C=O) groups is 2. The Morgan fingerprint density at radius 3 is 1.91 bits per heavy atom. The number of likely N-dealkylation sites (N-methyl/N-ethyl adjacent to an activating group) is 1. The number of unbranched alkanes of at least 4 members (excludes halogenated alkanes) is 9. The molecular formula is C24H48N3O5+. The van der Waals surface area contributed by atoms with Crippen LogP contribution < -0.4 is 10.0 Å². The van der Waals surface area contributed by atoms with Crippen molar-refractivity contribution in [3.8, 4) is 0 Å². The van der Waals surface area contributed by atoms with Crippen molar-refractivity contribution in [1.82, 2.24) is 0 Å². The summed E-state index contributed by atoms with van der Waals surface area (Å²) in [6, 6.07) is 0. The molecule has 0 radical (unpaired) electrons. The van der Waals surface area contributed by atoms with Crippen LogP contribution in [-0.2, 0) is 9.59 Å². The Labute approximate surface area is 194 Å².